The Kier molecular flexibility index (Phi) is 6.67. The van der Waals surface area contributed by atoms with Crippen molar-refractivity contribution in [2.75, 3.05) is 19.6 Å². The zero-order chi connectivity index (χ0) is 22.1. The van der Waals surface area contributed by atoms with E-state index in [2.05, 4.69) is 19.2 Å². The molecule has 0 unspecified atom stereocenters. The summed E-state index contributed by atoms with van der Waals surface area (Å²) >= 11 is 0. The van der Waals surface area contributed by atoms with Gasteiger partial charge in [0, 0.05) is 38.3 Å². The van der Waals surface area contributed by atoms with Crippen molar-refractivity contribution in [3.8, 4) is 0 Å². The van der Waals surface area contributed by atoms with Gasteiger partial charge in [-0.15, -0.1) is 0 Å². The molecule has 0 saturated carbocycles. The monoisotopic (exact) mass is 433 g/mol. The Hall–Kier alpha value is -2.19. The summed E-state index contributed by atoms with van der Waals surface area (Å²) < 4.78 is 29.7. The third-order valence-corrected chi connectivity index (χ3v) is 7.52. The Balaban J connectivity index is 2.03. The molecule has 1 aliphatic rings. The number of nitrogens with zero attached hydrogens (tertiary/aromatic N) is 2. The Bertz CT molecular complexity index is 1100. The fourth-order valence-corrected chi connectivity index (χ4v) is 5.93. The van der Waals surface area contributed by atoms with Gasteiger partial charge in [0.1, 0.15) is 5.56 Å². The molecule has 0 aliphatic carbocycles. The van der Waals surface area contributed by atoms with Gasteiger partial charge in [-0.1, -0.05) is 27.2 Å². The third kappa shape index (κ3) is 4.44. The number of pyridine rings is 1. The first kappa shape index (κ1) is 22.5. The van der Waals surface area contributed by atoms with Crippen molar-refractivity contribution >= 4 is 26.8 Å². The second-order valence-corrected chi connectivity index (χ2v) is 10.5. The molecule has 2 heterocycles. The molecule has 3 rings (SSSR count). The SMILES string of the molecule is CCCCNC(=O)c1cn(C)c2ccc(S(=O)(=O)N3C[C@@H](C)C[C@H](C)C3)cc2c1=O. The first-order valence-corrected chi connectivity index (χ1v) is 12.0. The Morgan fingerprint density at radius 3 is 2.50 bits per heavy atom. The number of rotatable bonds is 6. The number of carbonyl (C=O) groups is 1. The van der Waals surface area contributed by atoms with Crippen molar-refractivity contribution in [3.05, 3.63) is 40.2 Å². The summed E-state index contributed by atoms with van der Waals surface area (Å²) in [4.78, 5) is 25.6. The van der Waals surface area contributed by atoms with Crippen molar-refractivity contribution < 1.29 is 13.2 Å². The minimum Gasteiger partial charge on any atom is -0.352 e. The van der Waals surface area contributed by atoms with E-state index in [1.807, 2.05) is 6.92 Å². The van der Waals surface area contributed by atoms with E-state index in [4.69, 9.17) is 0 Å². The molecule has 2 aromatic rings. The number of aryl methyl sites for hydroxylation is 1. The predicted molar refractivity (Wildman–Crippen MR) is 118 cm³/mol. The molecule has 0 spiro atoms. The van der Waals surface area contributed by atoms with Crippen LogP contribution in [0.2, 0.25) is 0 Å². The number of hydrogen-bond acceptors (Lipinski definition) is 4. The number of amides is 1. The molecular formula is C22H31N3O4S. The van der Waals surface area contributed by atoms with E-state index < -0.39 is 21.4 Å². The minimum atomic E-state index is -3.71. The number of unbranched alkanes of at least 4 members (excludes halogenated alkanes) is 1. The molecule has 1 amide bonds. The van der Waals surface area contributed by atoms with Gasteiger partial charge in [-0.05, 0) is 42.9 Å². The highest BCUT2D eigenvalue weighted by Gasteiger charge is 2.32. The van der Waals surface area contributed by atoms with E-state index in [-0.39, 0.29) is 27.7 Å². The Morgan fingerprint density at radius 2 is 1.87 bits per heavy atom. The molecular weight excluding hydrogens is 402 g/mol. The van der Waals surface area contributed by atoms with Crippen molar-refractivity contribution in [3.63, 3.8) is 0 Å². The standard InChI is InChI=1S/C22H31N3O4S/c1-5-6-9-23-22(27)19-14-24(4)20-8-7-17(11-18(20)21(19)26)30(28,29)25-12-15(2)10-16(3)13-25/h7-8,11,14-16H,5-6,9-10,12-13H2,1-4H3,(H,23,27)/t15-,16-/m0/s1. The molecule has 1 saturated heterocycles. The number of fused-ring (bicyclic) bond motifs is 1. The highest BCUT2D eigenvalue weighted by molar-refractivity contribution is 7.89. The fraction of sp³-hybridized carbons (Fsp3) is 0.545. The van der Waals surface area contributed by atoms with E-state index in [1.54, 1.807) is 23.7 Å². The first-order chi connectivity index (χ1) is 14.1. The Labute approximate surface area is 178 Å². The number of sulfonamides is 1. The lowest BCUT2D eigenvalue weighted by Crippen LogP contribution is -2.42. The number of aromatic nitrogens is 1. The maximum Gasteiger partial charge on any atom is 0.256 e. The Morgan fingerprint density at radius 1 is 1.20 bits per heavy atom. The largest absolute Gasteiger partial charge is 0.352 e. The number of benzene rings is 1. The summed E-state index contributed by atoms with van der Waals surface area (Å²) in [5.74, 6) is 0.142. The second-order valence-electron chi connectivity index (χ2n) is 8.54. The summed E-state index contributed by atoms with van der Waals surface area (Å²) in [6, 6.07) is 4.60. The number of piperidine rings is 1. The average molecular weight is 434 g/mol. The summed E-state index contributed by atoms with van der Waals surface area (Å²) in [7, 11) is -1.97. The summed E-state index contributed by atoms with van der Waals surface area (Å²) in [5.41, 5.74) is 0.162. The maximum absolute atomic E-state index is 13.2. The summed E-state index contributed by atoms with van der Waals surface area (Å²) in [6.45, 7) is 7.57. The number of hydrogen-bond donors (Lipinski definition) is 1. The van der Waals surface area contributed by atoms with Crippen LogP contribution in [-0.2, 0) is 17.1 Å². The molecule has 164 valence electrons. The van der Waals surface area contributed by atoms with Crippen LogP contribution in [0.15, 0.2) is 34.1 Å². The van der Waals surface area contributed by atoms with Crippen LogP contribution >= 0.6 is 0 Å². The minimum absolute atomic E-state index is 0.0240. The van der Waals surface area contributed by atoms with Gasteiger partial charge < -0.3 is 9.88 Å². The molecule has 1 aromatic heterocycles. The normalized spacial score (nSPS) is 20.4. The number of nitrogens with one attached hydrogen (secondary N) is 1. The molecule has 1 N–H and O–H groups in total. The quantitative estimate of drug-likeness (QED) is 0.710. The van der Waals surface area contributed by atoms with Gasteiger partial charge in [0.2, 0.25) is 15.5 Å². The fourth-order valence-electron chi connectivity index (χ4n) is 4.22. The maximum atomic E-state index is 13.2. The van der Waals surface area contributed by atoms with Gasteiger partial charge in [0.25, 0.3) is 5.91 Å². The lowest BCUT2D eigenvalue weighted by Gasteiger charge is -2.34. The third-order valence-electron chi connectivity index (χ3n) is 5.69. The molecule has 2 atom stereocenters. The van der Waals surface area contributed by atoms with Gasteiger partial charge in [-0.25, -0.2) is 8.42 Å². The molecule has 1 fully saturated rings. The zero-order valence-electron chi connectivity index (χ0n) is 18.1. The van der Waals surface area contributed by atoms with E-state index in [9.17, 15) is 18.0 Å². The number of carbonyl (C=O) groups excluding carboxylic acids is 1. The molecule has 1 aliphatic heterocycles. The molecule has 1 aromatic carbocycles. The molecule has 0 bridgehead atoms. The van der Waals surface area contributed by atoms with Gasteiger partial charge in [-0.3, -0.25) is 9.59 Å². The second kappa shape index (κ2) is 8.89. The zero-order valence-corrected chi connectivity index (χ0v) is 19.0. The average Bonchev–Trinajstić information content (AvgIpc) is 2.69. The van der Waals surface area contributed by atoms with Gasteiger partial charge in [-0.2, -0.15) is 4.31 Å². The van der Waals surface area contributed by atoms with Crippen molar-refractivity contribution in [1.29, 1.82) is 0 Å². The van der Waals surface area contributed by atoms with Crippen LogP contribution in [0.4, 0.5) is 0 Å². The highest BCUT2D eigenvalue weighted by atomic mass is 32.2. The van der Waals surface area contributed by atoms with E-state index in [0.717, 1.165) is 19.3 Å². The lowest BCUT2D eigenvalue weighted by atomic mass is 9.94. The van der Waals surface area contributed by atoms with Crippen molar-refractivity contribution in [1.82, 2.24) is 14.2 Å². The predicted octanol–water partition coefficient (Wildman–Crippen LogP) is 2.74. The van der Waals surface area contributed by atoms with Crippen molar-refractivity contribution in [2.45, 2.75) is 44.9 Å². The van der Waals surface area contributed by atoms with Crippen LogP contribution in [0.3, 0.4) is 0 Å². The van der Waals surface area contributed by atoms with Crippen LogP contribution in [-0.4, -0.2) is 42.8 Å². The van der Waals surface area contributed by atoms with Crippen LogP contribution < -0.4 is 10.7 Å². The molecule has 30 heavy (non-hydrogen) atoms. The van der Waals surface area contributed by atoms with Crippen molar-refractivity contribution in [2.24, 2.45) is 18.9 Å². The van der Waals surface area contributed by atoms with E-state index in [0.29, 0.717) is 25.2 Å². The summed E-state index contributed by atoms with van der Waals surface area (Å²) in [6.07, 6.45) is 4.27. The lowest BCUT2D eigenvalue weighted by molar-refractivity contribution is 0.0951. The van der Waals surface area contributed by atoms with Crippen LogP contribution in [0.1, 0.15) is 50.4 Å². The van der Waals surface area contributed by atoms with E-state index >= 15 is 0 Å². The van der Waals surface area contributed by atoms with Gasteiger partial charge >= 0.3 is 0 Å². The summed E-state index contributed by atoms with van der Waals surface area (Å²) in [5, 5.41) is 3.00. The highest BCUT2D eigenvalue weighted by Crippen LogP contribution is 2.27. The van der Waals surface area contributed by atoms with Gasteiger partial charge in [0.15, 0.2) is 0 Å². The van der Waals surface area contributed by atoms with Gasteiger partial charge in [0.05, 0.1) is 10.4 Å². The molecule has 7 nitrogen and oxygen atoms in total. The van der Waals surface area contributed by atoms with Crippen LogP contribution in [0.25, 0.3) is 10.9 Å². The first-order valence-electron chi connectivity index (χ1n) is 10.6. The topological polar surface area (TPSA) is 88.5 Å². The van der Waals surface area contributed by atoms with Crippen LogP contribution in [0.5, 0.6) is 0 Å². The molecule has 8 heteroatoms. The van der Waals surface area contributed by atoms with Crippen LogP contribution in [0, 0.1) is 11.8 Å². The molecule has 0 radical (unpaired) electrons. The smallest absolute Gasteiger partial charge is 0.256 e. The van der Waals surface area contributed by atoms with E-state index in [1.165, 1.54) is 16.6 Å².